The summed E-state index contributed by atoms with van der Waals surface area (Å²) < 4.78 is 10.9. The number of ether oxygens (including phenoxy) is 2. The standard InChI is InChI=1S/C18H22N2O3/c1-14-3-2-4-17(13-14)22-11-9-18(21)20-15-5-7-16(8-6-15)23-12-10-19/h2-8,13H,9-12,19H2,1H3,(H,20,21). The van der Waals surface area contributed by atoms with Crippen molar-refractivity contribution < 1.29 is 14.3 Å². The van der Waals surface area contributed by atoms with Crippen molar-refractivity contribution >= 4 is 11.6 Å². The summed E-state index contributed by atoms with van der Waals surface area (Å²) in [6, 6.07) is 14.9. The van der Waals surface area contributed by atoms with Crippen LogP contribution in [0.15, 0.2) is 48.5 Å². The molecule has 5 nitrogen and oxygen atoms in total. The second-order valence-electron chi connectivity index (χ2n) is 5.12. The van der Waals surface area contributed by atoms with E-state index in [2.05, 4.69) is 5.32 Å². The van der Waals surface area contributed by atoms with E-state index >= 15 is 0 Å². The molecule has 0 spiro atoms. The van der Waals surface area contributed by atoms with E-state index in [4.69, 9.17) is 15.2 Å². The summed E-state index contributed by atoms with van der Waals surface area (Å²) >= 11 is 0. The predicted octanol–water partition coefficient (Wildman–Crippen LogP) is 2.74. The first kappa shape index (κ1) is 16.8. The van der Waals surface area contributed by atoms with Crippen molar-refractivity contribution in [2.75, 3.05) is 25.1 Å². The van der Waals surface area contributed by atoms with Crippen molar-refractivity contribution in [2.24, 2.45) is 5.73 Å². The van der Waals surface area contributed by atoms with E-state index in [0.717, 1.165) is 22.7 Å². The van der Waals surface area contributed by atoms with Crippen LogP contribution in [0.4, 0.5) is 5.69 Å². The molecule has 0 bridgehead atoms. The molecular formula is C18H22N2O3. The summed E-state index contributed by atoms with van der Waals surface area (Å²) in [6.45, 7) is 3.29. The number of nitrogens with two attached hydrogens (primary N) is 1. The molecule has 0 unspecified atom stereocenters. The number of carbonyl (C=O) groups excluding carboxylic acids is 1. The average molecular weight is 314 g/mol. The highest BCUT2D eigenvalue weighted by Gasteiger charge is 2.04. The van der Waals surface area contributed by atoms with E-state index in [9.17, 15) is 4.79 Å². The molecule has 0 heterocycles. The van der Waals surface area contributed by atoms with Crippen LogP contribution in [0.25, 0.3) is 0 Å². The summed E-state index contributed by atoms with van der Waals surface area (Å²) in [5.74, 6) is 1.42. The van der Waals surface area contributed by atoms with Gasteiger partial charge in [0, 0.05) is 12.2 Å². The Bertz CT molecular complexity index is 626. The number of amides is 1. The van der Waals surface area contributed by atoms with E-state index in [1.54, 1.807) is 24.3 Å². The average Bonchev–Trinajstić information content (AvgIpc) is 2.54. The number of carbonyl (C=O) groups is 1. The molecule has 0 saturated carbocycles. The number of rotatable bonds is 8. The molecule has 122 valence electrons. The van der Waals surface area contributed by atoms with Crippen LogP contribution < -0.4 is 20.5 Å². The van der Waals surface area contributed by atoms with Crippen molar-refractivity contribution in [3.8, 4) is 11.5 Å². The lowest BCUT2D eigenvalue weighted by Crippen LogP contribution is -2.15. The van der Waals surface area contributed by atoms with Gasteiger partial charge in [-0.3, -0.25) is 4.79 Å². The van der Waals surface area contributed by atoms with Crippen LogP contribution in [0.1, 0.15) is 12.0 Å². The van der Waals surface area contributed by atoms with Gasteiger partial charge in [0.25, 0.3) is 0 Å². The van der Waals surface area contributed by atoms with Crippen LogP contribution in [-0.4, -0.2) is 25.7 Å². The van der Waals surface area contributed by atoms with Gasteiger partial charge in [0.15, 0.2) is 0 Å². The number of anilines is 1. The molecule has 0 fully saturated rings. The Hall–Kier alpha value is -2.53. The Balaban J connectivity index is 1.74. The molecule has 0 saturated heterocycles. The lowest BCUT2D eigenvalue weighted by molar-refractivity contribution is -0.116. The van der Waals surface area contributed by atoms with E-state index < -0.39 is 0 Å². The molecule has 23 heavy (non-hydrogen) atoms. The van der Waals surface area contributed by atoms with Crippen molar-refractivity contribution in [1.29, 1.82) is 0 Å². The zero-order valence-electron chi connectivity index (χ0n) is 13.2. The summed E-state index contributed by atoms with van der Waals surface area (Å²) in [7, 11) is 0. The lowest BCUT2D eigenvalue weighted by Gasteiger charge is -2.09. The monoisotopic (exact) mass is 314 g/mol. The number of aryl methyl sites for hydroxylation is 1. The van der Waals surface area contributed by atoms with Crippen molar-refractivity contribution in [3.63, 3.8) is 0 Å². The van der Waals surface area contributed by atoms with Crippen LogP contribution in [-0.2, 0) is 4.79 Å². The van der Waals surface area contributed by atoms with Crippen molar-refractivity contribution in [2.45, 2.75) is 13.3 Å². The Kier molecular flexibility index (Phi) is 6.44. The van der Waals surface area contributed by atoms with Gasteiger partial charge in [0.2, 0.25) is 5.91 Å². The maximum absolute atomic E-state index is 11.9. The van der Waals surface area contributed by atoms with Gasteiger partial charge in [0.05, 0.1) is 13.0 Å². The first-order valence-corrected chi connectivity index (χ1v) is 7.59. The van der Waals surface area contributed by atoms with Crippen LogP contribution in [0, 0.1) is 6.92 Å². The van der Waals surface area contributed by atoms with Gasteiger partial charge in [-0.05, 0) is 48.9 Å². The molecule has 0 radical (unpaired) electrons. The SMILES string of the molecule is Cc1cccc(OCCC(=O)Nc2ccc(OCCN)cc2)c1. The third-order valence-electron chi connectivity index (χ3n) is 3.11. The molecule has 5 heteroatoms. The van der Waals surface area contributed by atoms with Crippen molar-refractivity contribution in [3.05, 3.63) is 54.1 Å². The third kappa shape index (κ3) is 6.00. The number of hydrogen-bond donors (Lipinski definition) is 2. The zero-order chi connectivity index (χ0) is 16.5. The maximum atomic E-state index is 11.9. The molecule has 2 aromatic carbocycles. The van der Waals surface area contributed by atoms with Gasteiger partial charge in [-0.25, -0.2) is 0 Å². The third-order valence-corrected chi connectivity index (χ3v) is 3.11. The van der Waals surface area contributed by atoms with Crippen LogP contribution in [0.5, 0.6) is 11.5 Å². The summed E-state index contributed by atoms with van der Waals surface area (Å²) in [5.41, 5.74) is 7.23. The molecular weight excluding hydrogens is 292 g/mol. The second kappa shape index (κ2) is 8.80. The van der Waals surface area contributed by atoms with Gasteiger partial charge in [-0.1, -0.05) is 12.1 Å². The van der Waals surface area contributed by atoms with Gasteiger partial charge >= 0.3 is 0 Å². The van der Waals surface area contributed by atoms with Crippen molar-refractivity contribution in [1.82, 2.24) is 0 Å². The first-order valence-electron chi connectivity index (χ1n) is 7.59. The predicted molar refractivity (Wildman–Crippen MR) is 90.9 cm³/mol. The Morgan fingerprint density at radius 1 is 1.04 bits per heavy atom. The van der Waals surface area contributed by atoms with Gasteiger partial charge < -0.3 is 20.5 Å². The minimum Gasteiger partial charge on any atom is -0.493 e. The normalized spacial score (nSPS) is 10.2. The summed E-state index contributed by atoms with van der Waals surface area (Å²) in [4.78, 5) is 11.9. The molecule has 0 aliphatic rings. The van der Waals surface area contributed by atoms with E-state index in [0.29, 0.717) is 26.2 Å². The van der Waals surface area contributed by atoms with Crippen LogP contribution in [0.2, 0.25) is 0 Å². The van der Waals surface area contributed by atoms with Gasteiger partial charge in [-0.15, -0.1) is 0 Å². The van der Waals surface area contributed by atoms with E-state index in [-0.39, 0.29) is 5.91 Å². The molecule has 0 atom stereocenters. The van der Waals surface area contributed by atoms with Crippen LogP contribution >= 0.6 is 0 Å². The molecule has 0 aliphatic heterocycles. The van der Waals surface area contributed by atoms with Gasteiger partial charge in [-0.2, -0.15) is 0 Å². The minimum atomic E-state index is -0.0896. The van der Waals surface area contributed by atoms with E-state index in [1.807, 2.05) is 31.2 Å². The molecule has 3 N–H and O–H groups in total. The van der Waals surface area contributed by atoms with E-state index in [1.165, 1.54) is 0 Å². The quantitative estimate of drug-likeness (QED) is 0.786. The summed E-state index contributed by atoms with van der Waals surface area (Å²) in [5, 5.41) is 2.82. The highest BCUT2D eigenvalue weighted by Crippen LogP contribution is 2.16. The Morgan fingerprint density at radius 3 is 2.48 bits per heavy atom. The number of benzene rings is 2. The smallest absolute Gasteiger partial charge is 0.227 e. The molecule has 2 aromatic rings. The molecule has 1 amide bonds. The van der Waals surface area contributed by atoms with Gasteiger partial charge in [0.1, 0.15) is 18.1 Å². The Labute approximate surface area is 136 Å². The first-order chi connectivity index (χ1) is 11.2. The highest BCUT2D eigenvalue weighted by molar-refractivity contribution is 5.90. The second-order valence-corrected chi connectivity index (χ2v) is 5.12. The highest BCUT2D eigenvalue weighted by atomic mass is 16.5. The lowest BCUT2D eigenvalue weighted by atomic mass is 10.2. The number of hydrogen-bond acceptors (Lipinski definition) is 4. The molecule has 0 aliphatic carbocycles. The topological polar surface area (TPSA) is 73.6 Å². The molecule has 0 aromatic heterocycles. The largest absolute Gasteiger partial charge is 0.493 e. The fourth-order valence-corrected chi connectivity index (χ4v) is 2.00. The zero-order valence-corrected chi connectivity index (χ0v) is 13.2. The number of nitrogens with one attached hydrogen (secondary N) is 1. The maximum Gasteiger partial charge on any atom is 0.227 e. The minimum absolute atomic E-state index is 0.0896. The summed E-state index contributed by atoms with van der Waals surface area (Å²) in [6.07, 6.45) is 0.291. The fraction of sp³-hybridized carbons (Fsp3) is 0.278. The van der Waals surface area contributed by atoms with Crippen LogP contribution in [0.3, 0.4) is 0 Å². The fourth-order valence-electron chi connectivity index (χ4n) is 2.00. The Morgan fingerprint density at radius 2 is 1.78 bits per heavy atom. The molecule has 2 rings (SSSR count).